The minimum absolute atomic E-state index is 0.183. The summed E-state index contributed by atoms with van der Waals surface area (Å²) >= 11 is 0. The van der Waals surface area contributed by atoms with E-state index in [4.69, 9.17) is 19.9 Å². The van der Waals surface area contributed by atoms with Crippen molar-refractivity contribution in [3.8, 4) is 0 Å². The van der Waals surface area contributed by atoms with Crippen LogP contribution in [0.1, 0.15) is 84.1 Å². The van der Waals surface area contributed by atoms with E-state index in [1.54, 1.807) is 0 Å². The van der Waals surface area contributed by atoms with E-state index in [0.29, 0.717) is 19.6 Å². The molecule has 2 aromatic carbocycles. The molecular weight excluding hydrogens is 438 g/mol. The van der Waals surface area contributed by atoms with Crippen LogP contribution in [-0.2, 0) is 35.7 Å². The number of ether oxygens (including phenoxy) is 3. The summed E-state index contributed by atoms with van der Waals surface area (Å²) < 4.78 is 17.3. The molecule has 0 radical (unpaired) electrons. The van der Waals surface area contributed by atoms with E-state index in [0.717, 1.165) is 11.1 Å². The Morgan fingerprint density at radius 2 is 1.29 bits per heavy atom. The fraction of sp³-hybridized carbons (Fsp3) is 0.500. The first-order valence-electron chi connectivity index (χ1n) is 12.3. The molecule has 0 saturated carbocycles. The first-order chi connectivity index (χ1) is 16.1. The monoisotopic (exact) mass is 481 g/mol. The van der Waals surface area contributed by atoms with Gasteiger partial charge in [-0.2, -0.15) is 0 Å². The van der Waals surface area contributed by atoms with Crippen LogP contribution in [0.5, 0.6) is 0 Å². The van der Waals surface area contributed by atoms with Crippen LogP contribution in [0.4, 0.5) is 0 Å². The molecule has 0 aliphatic rings. The third-order valence-corrected chi connectivity index (χ3v) is 6.64. The first-order valence-corrected chi connectivity index (χ1v) is 12.3. The van der Waals surface area contributed by atoms with Gasteiger partial charge in [0.1, 0.15) is 11.3 Å². The summed E-state index contributed by atoms with van der Waals surface area (Å²) in [6.45, 7) is 20.6. The molecule has 5 nitrogen and oxygen atoms in total. The summed E-state index contributed by atoms with van der Waals surface area (Å²) in [6.07, 6.45) is 1.77. The molecule has 0 aliphatic heterocycles. The molecule has 35 heavy (non-hydrogen) atoms. The summed E-state index contributed by atoms with van der Waals surface area (Å²) in [5.74, 6) is -0.423. The highest BCUT2D eigenvalue weighted by atomic mass is 16.6. The number of esters is 1. The smallest absolute Gasteiger partial charge is 0.330 e. The van der Waals surface area contributed by atoms with Crippen LogP contribution < -0.4 is 5.73 Å². The fourth-order valence-corrected chi connectivity index (χ4v) is 4.06. The number of carbonyl (C=O) groups excluding carboxylic acids is 1. The van der Waals surface area contributed by atoms with Crippen molar-refractivity contribution in [3.05, 3.63) is 83.4 Å². The van der Waals surface area contributed by atoms with Gasteiger partial charge >= 0.3 is 5.97 Å². The molecule has 1 atom stereocenters. The van der Waals surface area contributed by atoms with Crippen molar-refractivity contribution < 1.29 is 19.0 Å². The number of nitrogens with two attached hydrogens (primary N) is 1. The Kier molecular flexibility index (Phi) is 9.10. The maximum Gasteiger partial charge on any atom is 0.330 e. The number of rotatable bonds is 12. The third kappa shape index (κ3) is 7.50. The van der Waals surface area contributed by atoms with Crippen LogP contribution in [0, 0.1) is 0 Å². The SMILES string of the molecule is C=CC(=O)OC(C)(C)CCOC(C)(C)c1ccc(C(C)(C)c2ccc(C(C)(N)OCC)cc2)cc1. The average molecular weight is 482 g/mol. The van der Waals surface area contributed by atoms with Gasteiger partial charge in [-0.3, -0.25) is 5.73 Å². The van der Waals surface area contributed by atoms with Crippen LogP contribution in [0.15, 0.2) is 61.2 Å². The molecule has 2 rings (SSSR count). The minimum Gasteiger partial charge on any atom is -0.456 e. The van der Waals surface area contributed by atoms with Crippen molar-refractivity contribution in [2.24, 2.45) is 5.73 Å². The van der Waals surface area contributed by atoms with Gasteiger partial charge in [0.15, 0.2) is 0 Å². The van der Waals surface area contributed by atoms with Crippen molar-refractivity contribution >= 4 is 5.97 Å². The Morgan fingerprint density at radius 3 is 1.74 bits per heavy atom. The Balaban J connectivity index is 2.10. The molecule has 2 aromatic rings. The zero-order chi connectivity index (χ0) is 26.5. The molecule has 0 spiro atoms. The van der Waals surface area contributed by atoms with Crippen molar-refractivity contribution in [2.75, 3.05) is 13.2 Å². The van der Waals surface area contributed by atoms with Crippen LogP contribution >= 0.6 is 0 Å². The number of hydrogen-bond donors (Lipinski definition) is 1. The second-order valence-electron chi connectivity index (χ2n) is 10.8. The number of hydrogen-bond acceptors (Lipinski definition) is 5. The van der Waals surface area contributed by atoms with Crippen molar-refractivity contribution in [3.63, 3.8) is 0 Å². The standard InChI is InChI=1S/C30H43NO4/c1-10-26(32)35-27(3,4)20-21-34-29(7,8)24-16-12-22(13-17-24)28(5,6)23-14-18-25(19-15-23)30(9,31)33-11-2/h10,12-19H,1,11,20-21,31H2,2-9H3. The van der Waals surface area contributed by atoms with E-state index in [1.165, 1.54) is 17.2 Å². The lowest BCUT2D eigenvalue weighted by Crippen LogP contribution is -2.36. The van der Waals surface area contributed by atoms with Crippen LogP contribution in [-0.4, -0.2) is 24.8 Å². The first kappa shape index (κ1) is 28.8. The van der Waals surface area contributed by atoms with Crippen LogP contribution in [0.2, 0.25) is 0 Å². The molecular formula is C30H43NO4. The van der Waals surface area contributed by atoms with Crippen molar-refractivity contribution in [2.45, 2.75) is 84.2 Å². The predicted octanol–water partition coefficient (Wildman–Crippen LogP) is 6.33. The van der Waals surface area contributed by atoms with Crippen molar-refractivity contribution in [1.29, 1.82) is 0 Å². The molecule has 0 aromatic heterocycles. The van der Waals surface area contributed by atoms with Gasteiger partial charge in [0.05, 0.1) is 12.2 Å². The predicted molar refractivity (Wildman–Crippen MR) is 142 cm³/mol. The van der Waals surface area contributed by atoms with Gasteiger partial charge in [-0.05, 0) is 63.8 Å². The maximum absolute atomic E-state index is 11.5. The summed E-state index contributed by atoms with van der Waals surface area (Å²) in [6, 6.07) is 16.9. The lowest BCUT2D eigenvalue weighted by molar-refractivity contribution is -0.153. The summed E-state index contributed by atoms with van der Waals surface area (Å²) in [5, 5.41) is 0. The average Bonchev–Trinajstić information content (AvgIpc) is 2.78. The van der Waals surface area contributed by atoms with E-state index in [1.807, 2.05) is 39.8 Å². The molecule has 0 heterocycles. The second kappa shape index (κ2) is 11.1. The van der Waals surface area contributed by atoms with Crippen LogP contribution in [0.25, 0.3) is 0 Å². The van der Waals surface area contributed by atoms with E-state index >= 15 is 0 Å². The van der Waals surface area contributed by atoms with Gasteiger partial charge in [-0.25, -0.2) is 4.79 Å². The minimum atomic E-state index is -0.798. The molecule has 2 N–H and O–H groups in total. The van der Waals surface area contributed by atoms with E-state index in [-0.39, 0.29) is 5.41 Å². The quantitative estimate of drug-likeness (QED) is 0.218. The molecule has 0 aliphatic carbocycles. The number of carbonyl (C=O) groups is 1. The zero-order valence-corrected chi connectivity index (χ0v) is 22.7. The Hall–Kier alpha value is -2.47. The highest BCUT2D eigenvalue weighted by Gasteiger charge is 2.28. The normalized spacial score (nSPS) is 14.3. The summed E-state index contributed by atoms with van der Waals surface area (Å²) in [5.41, 5.74) is 8.68. The lowest BCUT2D eigenvalue weighted by Gasteiger charge is -2.31. The molecule has 0 fully saturated rings. The highest BCUT2D eigenvalue weighted by Crippen LogP contribution is 2.34. The van der Waals surface area contributed by atoms with Crippen LogP contribution in [0.3, 0.4) is 0 Å². The van der Waals surface area contributed by atoms with Gasteiger partial charge in [-0.1, -0.05) is 69.0 Å². The number of benzene rings is 2. The fourth-order valence-electron chi connectivity index (χ4n) is 4.06. The largest absolute Gasteiger partial charge is 0.456 e. The summed E-state index contributed by atoms with van der Waals surface area (Å²) in [7, 11) is 0. The van der Waals surface area contributed by atoms with E-state index in [9.17, 15) is 4.79 Å². The highest BCUT2D eigenvalue weighted by molar-refractivity contribution is 5.81. The lowest BCUT2D eigenvalue weighted by atomic mass is 9.77. The third-order valence-electron chi connectivity index (χ3n) is 6.64. The maximum atomic E-state index is 11.5. The molecule has 5 heteroatoms. The van der Waals surface area contributed by atoms with Crippen molar-refractivity contribution in [1.82, 2.24) is 0 Å². The van der Waals surface area contributed by atoms with Gasteiger partial charge in [-0.15, -0.1) is 0 Å². The van der Waals surface area contributed by atoms with Gasteiger partial charge < -0.3 is 14.2 Å². The van der Waals surface area contributed by atoms with Gasteiger partial charge in [0.2, 0.25) is 0 Å². The Bertz CT molecular complexity index is 986. The zero-order valence-electron chi connectivity index (χ0n) is 22.7. The Labute approximate surface area is 211 Å². The van der Waals surface area contributed by atoms with E-state index < -0.39 is 22.9 Å². The molecule has 192 valence electrons. The molecule has 0 amide bonds. The molecule has 0 bridgehead atoms. The second-order valence-corrected chi connectivity index (χ2v) is 10.8. The van der Waals surface area contributed by atoms with Gasteiger partial charge in [0.25, 0.3) is 0 Å². The van der Waals surface area contributed by atoms with E-state index in [2.05, 4.69) is 70.7 Å². The van der Waals surface area contributed by atoms with Gasteiger partial charge in [0, 0.05) is 24.5 Å². The molecule has 1 unspecified atom stereocenters. The summed E-state index contributed by atoms with van der Waals surface area (Å²) in [4.78, 5) is 11.5. The Morgan fingerprint density at radius 1 is 0.829 bits per heavy atom. The topological polar surface area (TPSA) is 70.8 Å². The molecule has 0 saturated heterocycles.